The number of fused-ring (bicyclic) bond motifs is 1. The van der Waals surface area contributed by atoms with Gasteiger partial charge in [0.2, 0.25) is 5.88 Å². The van der Waals surface area contributed by atoms with Crippen molar-refractivity contribution in [1.82, 2.24) is 9.97 Å². The van der Waals surface area contributed by atoms with Crippen molar-refractivity contribution in [3.63, 3.8) is 0 Å². The highest BCUT2D eigenvalue weighted by molar-refractivity contribution is 5.88. The highest BCUT2D eigenvalue weighted by atomic mass is 16.5. The molecule has 0 aliphatic carbocycles. The number of methoxy groups -OCH3 is 2. The smallest absolute Gasteiger partial charge is 0.316 e. The van der Waals surface area contributed by atoms with Crippen molar-refractivity contribution < 1.29 is 19.0 Å². The number of amides is 2. The molecule has 0 aliphatic rings. The minimum atomic E-state index is -0.628. The Bertz CT molecular complexity index is 912. The number of anilines is 1. The van der Waals surface area contributed by atoms with Crippen molar-refractivity contribution >= 4 is 22.6 Å². The molecule has 2 amide bonds. The van der Waals surface area contributed by atoms with Crippen LogP contribution in [0.15, 0.2) is 42.7 Å². The molecule has 128 valence electrons. The third-order valence-electron chi connectivity index (χ3n) is 3.44. The van der Waals surface area contributed by atoms with Crippen molar-refractivity contribution in [3.8, 4) is 23.1 Å². The van der Waals surface area contributed by atoms with E-state index >= 15 is 0 Å². The number of carbonyl (C=O) groups is 1. The Morgan fingerprint density at radius 3 is 2.36 bits per heavy atom. The predicted octanol–water partition coefficient (Wildman–Crippen LogP) is 2.93. The summed E-state index contributed by atoms with van der Waals surface area (Å²) in [5, 5.41) is 3.16. The zero-order chi connectivity index (χ0) is 17.8. The summed E-state index contributed by atoms with van der Waals surface area (Å²) in [6, 6.07) is 9.62. The van der Waals surface area contributed by atoms with Gasteiger partial charge in [-0.3, -0.25) is 0 Å². The Hall–Kier alpha value is -3.55. The van der Waals surface area contributed by atoms with Gasteiger partial charge in [-0.15, -0.1) is 0 Å². The normalized spacial score (nSPS) is 10.3. The molecular weight excluding hydrogens is 324 g/mol. The summed E-state index contributed by atoms with van der Waals surface area (Å²) in [4.78, 5) is 19.3. The summed E-state index contributed by atoms with van der Waals surface area (Å²) in [7, 11) is 3.11. The third-order valence-corrected chi connectivity index (χ3v) is 3.44. The number of primary amides is 1. The van der Waals surface area contributed by atoms with Crippen LogP contribution in [-0.2, 0) is 0 Å². The number of benzene rings is 2. The van der Waals surface area contributed by atoms with Gasteiger partial charge >= 0.3 is 6.03 Å². The van der Waals surface area contributed by atoms with Crippen molar-refractivity contribution in [3.05, 3.63) is 42.7 Å². The number of nitrogens with zero attached hydrogens (tertiary/aromatic N) is 2. The molecule has 3 rings (SSSR count). The third kappa shape index (κ3) is 3.52. The zero-order valence-corrected chi connectivity index (χ0v) is 13.6. The van der Waals surface area contributed by atoms with E-state index in [0.717, 1.165) is 0 Å². The average molecular weight is 340 g/mol. The molecule has 0 spiro atoms. The maximum absolute atomic E-state index is 10.8. The van der Waals surface area contributed by atoms with Gasteiger partial charge in [0.15, 0.2) is 11.5 Å². The predicted molar refractivity (Wildman–Crippen MR) is 92.4 cm³/mol. The van der Waals surface area contributed by atoms with E-state index in [1.165, 1.54) is 6.33 Å². The van der Waals surface area contributed by atoms with Crippen LogP contribution in [0.3, 0.4) is 0 Å². The number of carbonyl (C=O) groups excluding carboxylic acids is 1. The molecule has 3 N–H and O–H groups in total. The molecule has 0 radical (unpaired) electrons. The van der Waals surface area contributed by atoms with E-state index < -0.39 is 6.03 Å². The molecule has 8 heteroatoms. The number of aromatic nitrogens is 2. The number of rotatable bonds is 5. The van der Waals surface area contributed by atoms with Gasteiger partial charge in [0.1, 0.15) is 12.1 Å². The minimum absolute atomic E-state index is 0.376. The van der Waals surface area contributed by atoms with Crippen molar-refractivity contribution in [2.24, 2.45) is 5.73 Å². The molecular formula is C17H16N4O4. The molecule has 0 bridgehead atoms. The lowest BCUT2D eigenvalue weighted by atomic mass is 10.2. The van der Waals surface area contributed by atoms with Gasteiger partial charge in [-0.1, -0.05) is 0 Å². The average Bonchev–Trinajstić information content (AvgIpc) is 2.62. The second-order valence-electron chi connectivity index (χ2n) is 5.02. The Balaban J connectivity index is 1.94. The summed E-state index contributed by atoms with van der Waals surface area (Å²) in [6.07, 6.45) is 1.41. The van der Waals surface area contributed by atoms with Crippen LogP contribution >= 0.6 is 0 Å². The quantitative estimate of drug-likeness (QED) is 0.739. The summed E-state index contributed by atoms with van der Waals surface area (Å²) in [6.45, 7) is 0. The summed E-state index contributed by atoms with van der Waals surface area (Å²) >= 11 is 0. The van der Waals surface area contributed by atoms with E-state index in [2.05, 4.69) is 15.3 Å². The van der Waals surface area contributed by atoms with Gasteiger partial charge in [0.25, 0.3) is 0 Å². The molecule has 25 heavy (non-hydrogen) atoms. The fraction of sp³-hybridized carbons (Fsp3) is 0.118. The topological polar surface area (TPSA) is 109 Å². The van der Waals surface area contributed by atoms with E-state index in [4.69, 9.17) is 19.9 Å². The van der Waals surface area contributed by atoms with Crippen LogP contribution in [0.2, 0.25) is 0 Å². The molecule has 8 nitrogen and oxygen atoms in total. The number of ether oxygens (including phenoxy) is 3. The van der Waals surface area contributed by atoms with Crippen LogP contribution < -0.4 is 25.3 Å². The van der Waals surface area contributed by atoms with Gasteiger partial charge in [-0.25, -0.2) is 14.8 Å². The first kappa shape index (κ1) is 16.3. The number of nitrogens with two attached hydrogens (primary N) is 1. The minimum Gasteiger partial charge on any atom is -0.493 e. The molecule has 0 saturated heterocycles. The largest absolute Gasteiger partial charge is 0.493 e. The van der Waals surface area contributed by atoms with E-state index in [0.29, 0.717) is 39.7 Å². The van der Waals surface area contributed by atoms with Crippen molar-refractivity contribution in [1.29, 1.82) is 0 Å². The lowest BCUT2D eigenvalue weighted by molar-refractivity contribution is 0.259. The maximum atomic E-state index is 10.8. The fourth-order valence-electron chi connectivity index (χ4n) is 2.30. The molecule has 3 aromatic rings. The van der Waals surface area contributed by atoms with Gasteiger partial charge < -0.3 is 25.3 Å². The van der Waals surface area contributed by atoms with Crippen LogP contribution in [0.25, 0.3) is 10.9 Å². The van der Waals surface area contributed by atoms with Gasteiger partial charge in [0, 0.05) is 11.8 Å². The number of hydrogen-bond acceptors (Lipinski definition) is 6. The molecule has 1 aromatic heterocycles. The monoisotopic (exact) mass is 340 g/mol. The zero-order valence-electron chi connectivity index (χ0n) is 13.6. The molecule has 0 saturated carbocycles. The molecule has 0 atom stereocenters. The number of urea groups is 1. The van der Waals surface area contributed by atoms with Crippen LogP contribution in [0.5, 0.6) is 23.1 Å². The molecule has 0 fully saturated rings. The first-order valence-electron chi connectivity index (χ1n) is 7.32. The molecule has 2 aromatic carbocycles. The first-order chi connectivity index (χ1) is 12.1. The van der Waals surface area contributed by atoms with Crippen LogP contribution in [0.1, 0.15) is 0 Å². The van der Waals surface area contributed by atoms with E-state index in [9.17, 15) is 4.79 Å². The summed E-state index contributed by atoms with van der Waals surface area (Å²) in [5.74, 6) is 2.04. The Labute approximate surface area is 143 Å². The SMILES string of the molecule is COc1cc2ncnc(Oc3ccc(NC(N)=O)cc3)c2cc1OC. The summed E-state index contributed by atoms with van der Waals surface area (Å²) < 4.78 is 16.4. The van der Waals surface area contributed by atoms with Gasteiger partial charge in [0.05, 0.1) is 25.1 Å². The Morgan fingerprint density at radius 2 is 1.72 bits per heavy atom. The summed E-state index contributed by atoms with van der Waals surface area (Å²) in [5.41, 5.74) is 6.31. The van der Waals surface area contributed by atoms with Gasteiger partial charge in [-0.05, 0) is 30.3 Å². The van der Waals surface area contributed by atoms with Crippen LogP contribution in [-0.4, -0.2) is 30.2 Å². The molecule has 1 heterocycles. The second kappa shape index (κ2) is 6.91. The van der Waals surface area contributed by atoms with E-state index in [1.54, 1.807) is 50.6 Å². The fourth-order valence-corrected chi connectivity index (χ4v) is 2.30. The standard InChI is InChI=1S/C17H16N4O4/c1-23-14-7-12-13(8-15(14)24-2)19-9-20-16(12)25-11-5-3-10(4-6-11)21-17(18)22/h3-9H,1-2H3,(H3,18,21,22). The lowest BCUT2D eigenvalue weighted by Crippen LogP contribution is -2.19. The Morgan fingerprint density at radius 1 is 1.04 bits per heavy atom. The van der Waals surface area contributed by atoms with Crippen molar-refractivity contribution in [2.45, 2.75) is 0 Å². The van der Waals surface area contributed by atoms with Crippen molar-refractivity contribution in [2.75, 3.05) is 19.5 Å². The Kier molecular flexibility index (Phi) is 4.51. The molecule has 0 unspecified atom stereocenters. The maximum Gasteiger partial charge on any atom is 0.316 e. The number of hydrogen-bond donors (Lipinski definition) is 2. The second-order valence-corrected chi connectivity index (χ2v) is 5.02. The van der Waals surface area contributed by atoms with E-state index in [-0.39, 0.29) is 0 Å². The van der Waals surface area contributed by atoms with E-state index in [1.807, 2.05) is 0 Å². The number of nitrogens with one attached hydrogen (secondary N) is 1. The lowest BCUT2D eigenvalue weighted by Gasteiger charge is -2.11. The van der Waals surface area contributed by atoms with Crippen LogP contribution in [0.4, 0.5) is 10.5 Å². The highest BCUT2D eigenvalue weighted by Gasteiger charge is 2.12. The first-order valence-corrected chi connectivity index (χ1v) is 7.32. The highest BCUT2D eigenvalue weighted by Crippen LogP contribution is 2.35. The van der Waals surface area contributed by atoms with Gasteiger partial charge in [-0.2, -0.15) is 0 Å². The molecule has 0 aliphatic heterocycles. The van der Waals surface area contributed by atoms with Crippen LogP contribution in [0, 0.1) is 0 Å².